The Balaban J connectivity index is 2.71. The highest BCUT2D eigenvalue weighted by Crippen LogP contribution is 2.18. The van der Waals surface area contributed by atoms with Gasteiger partial charge in [-0.1, -0.05) is 6.07 Å². The molecule has 0 bridgehead atoms. The molecule has 0 aromatic carbocycles. The van der Waals surface area contributed by atoms with E-state index >= 15 is 0 Å². The number of hydrogen-bond donors (Lipinski definition) is 2. The summed E-state index contributed by atoms with van der Waals surface area (Å²) in [6.07, 6.45) is 0. The number of likely N-dealkylation sites (N-methyl/N-ethyl adjacent to an activating group) is 1. The van der Waals surface area contributed by atoms with E-state index in [1.807, 2.05) is 5.38 Å². The number of carbonyl (C=O) groups is 2. The number of hydrogen-bond acceptors (Lipinski definition) is 4. The van der Waals surface area contributed by atoms with E-state index in [0.29, 0.717) is 6.54 Å². The Labute approximate surface area is 97.5 Å². The number of carboxylic acid groups (broad SMARTS) is 1. The Kier molecular flexibility index (Phi) is 4.45. The highest BCUT2D eigenvalue weighted by molar-refractivity contribution is 7.10. The molecule has 0 aliphatic carbocycles. The second kappa shape index (κ2) is 5.62. The van der Waals surface area contributed by atoms with Crippen molar-refractivity contribution in [3.05, 3.63) is 22.4 Å². The van der Waals surface area contributed by atoms with E-state index in [-0.39, 0.29) is 12.5 Å². The summed E-state index contributed by atoms with van der Waals surface area (Å²) in [6.45, 7) is 1.75. The third-order valence-electron chi connectivity index (χ3n) is 2.14. The van der Waals surface area contributed by atoms with Gasteiger partial charge >= 0.3 is 5.97 Å². The lowest BCUT2D eigenvalue weighted by Gasteiger charge is -2.21. The first kappa shape index (κ1) is 12.7. The molecule has 1 rings (SSSR count). The number of amides is 1. The summed E-state index contributed by atoms with van der Waals surface area (Å²) in [7, 11) is 0. The molecule has 16 heavy (non-hydrogen) atoms. The topological polar surface area (TPSA) is 83.6 Å². The molecule has 0 aliphatic heterocycles. The average molecular weight is 242 g/mol. The van der Waals surface area contributed by atoms with Crippen molar-refractivity contribution in [2.24, 2.45) is 5.73 Å². The lowest BCUT2D eigenvalue weighted by atomic mass is 10.2. The van der Waals surface area contributed by atoms with Gasteiger partial charge in [0.1, 0.15) is 12.6 Å². The van der Waals surface area contributed by atoms with E-state index < -0.39 is 12.0 Å². The van der Waals surface area contributed by atoms with Gasteiger partial charge in [-0.2, -0.15) is 0 Å². The van der Waals surface area contributed by atoms with Crippen molar-refractivity contribution >= 4 is 23.2 Å². The molecule has 1 aromatic heterocycles. The van der Waals surface area contributed by atoms with E-state index in [4.69, 9.17) is 10.8 Å². The summed E-state index contributed by atoms with van der Waals surface area (Å²) in [4.78, 5) is 24.4. The maximum atomic E-state index is 11.9. The van der Waals surface area contributed by atoms with Gasteiger partial charge < -0.3 is 15.7 Å². The zero-order chi connectivity index (χ0) is 12.1. The lowest BCUT2D eigenvalue weighted by Crippen LogP contribution is -2.41. The van der Waals surface area contributed by atoms with Crippen LogP contribution in [0.4, 0.5) is 0 Å². The van der Waals surface area contributed by atoms with Gasteiger partial charge in [0.2, 0.25) is 5.91 Å². The summed E-state index contributed by atoms with van der Waals surface area (Å²) in [5.41, 5.74) is 5.76. The normalized spacial score (nSPS) is 12.1. The Morgan fingerprint density at radius 3 is 2.75 bits per heavy atom. The Morgan fingerprint density at radius 2 is 2.31 bits per heavy atom. The molecule has 1 heterocycles. The quantitative estimate of drug-likeness (QED) is 0.795. The van der Waals surface area contributed by atoms with Crippen LogP contribution in [0.25, 0.3) is 0 Å². The summed E-state index contributed by atoms with van der Waals surface area (Å²) < 4.78 is 0. The summed E-state index contributed by atoms with van der Waals surface area (Å²) >= 11 is 1.39. The smallest absolute Gasteiger partial charge is 0.323 e. The zero-order valence-corrected chi connectivity index (χ0v) is 9.74. The number of aliphatic carboxylic acids is 1. The van der Waals surface area contributed by atoms with Crippen LogP contribution in [0, 0.1) is 0 Å². The lowest BCUT2D eigenvalue weighted by molar-refractivity contribution is -0.144. The zero-order valence-electron chi connectivity index (χ0n) is 8.92. The second-order valence-corrected chi connectivity index (χ2v) is 4.22. The number of nitrogens with zero attached hydrogens (tertiary/aromatic N) is 1. The molecule has 0 saturated carbocycles. The van der Waals surface area contributed by atoms with Gasteiger partial charge in [0.25, 0.3) is 0 Å². The molecule has 0 saturated heterocycles. The predicted molar refractivity (Wildman–Crippen MR) is 61.1 cm³/mol. The number of carboxylic acids is 1. The van der Waals surface area contributed by atoms with Crippen LogP contribution in [0.3, 0.4) is 0 Å². The summed E-state index contributed by atoms with van der Waals surface area (Å²) in [5, 5.41) is 10.5. The first-order valence-electron chi connectivity index (χ1n) is 4.85. The van der Waals surface area contributed by atoms with Crippen LogP contribution < -0.4 is 5.73 Å². The van der Waals surface area contributed by atoms with E-state index in [0.717, 1.165) is 4.88 Å². The molecular weight excluding hydrogens is 228 g/mol. The van der Waals surface area contributed by atoms with Crippen LogP contribution in [0.1, 0.15) is 17.8 Å². The molecule has 5 nitrogen and oxygen atoms in total. The van der Waals surface area contributed by atoms with Gasteiger partial charge in [-0.3, -0.25) is 9.59 Å². The minimum absolute atomic E-state index is 0.311. The van der Waals surface area contributed by atoms with Crippen molar-refractivity contribution in [1.82, 2.24) is 4.90 Å². The van der Waals surface area contributed by atoms with Crippen LogP contribution >= 0.6 is 11.3 Å². The summed E-state index contributed by atoms with van der Waals surface area (Å²) in [6, 6.07) is 2.81. The van der Waals surface area contributed by atoms with Gasteiger partial charge in [-0.05, 0) is 18.4 Å². The van der Waals surface area contributed by atoms with Gasteiger partial charge in [0.05, 0.1) is 0 Å². The van der Waals surface area contributed by atoms with Gasteiger partial charge in [-0.25, -0.2) is 0 Å². The largest absolute Gasteiger partial charge is 0.480 e. The van der Waals surface area contributed by atoms with Crippen LogP contribution in [0.15, 0.2) is 17.5 Å². The number of thiophene rings is 1. The molecule has 6 heteroatoms. The molecule has 88 valence electrons. The Hall–Kier alpha value is -1.40. The minimum atomic E-state index is -1.03. The Morgan fingerprint density at radius 1 is 1.62 bits per heavy atom. The fraction of sp³-hybridized carbons (Fsp3) is 0.400. The maximum absolute atomic E-state index is 11.9. The highest BCUT2D eigenvalue weighted by atomic mass is 32.1. The second-order valence-electron chi connectivity index (χ2n) is 3.24. The van der Waals surface area contributed by atoms with E-state index in [1.54, 1.807) is 19.1 Å². The van der Waals surface area contributed by atoms with Crippen LogP contribution in [-0.2, 0) is 9.59 Å². The van der Waals surface area contributed by atoms with Gasteiger partial charge in [0, 0.05) is 11.4 Å². The average Bonchev–Trinajstić information content (AvgIpc) is 2.76. The van der Waals surface area contributed by atoms with Crippen molar-refractivity contribution < 1.29 is 14.7 Å². The standard InChI is InChI=1S/C10H14N2O3S/c1-2-12(6-8(13)14)10(15)9(11)7-4-3-5-16-7/h3-5,9H,2,6,11H2,1H3,(H,13,14). The molecule has 0 aliphatic rings. The van der Waals surface area contributed by atoms with Crippen molar-refractivity contribution in [2.75, 3.05) is 13.1 Å². The minimum Gasteiger partial charge on any atom is -0.480 e. The highest BCUT2D eigenvalue weighted by Gasteiger charge is 2.23. The molecule has 0 fully saturated rings. The maximum Gasteiger partial charge on any atom is 0.323 e. The molecule has 0 spiro atoms. The first-order chi connectivity index (χ1) is 7.56. The number of carbonyl (C=O) groups excluding carboxylic acids is 1. The van der Waals surface area contributed by atoms with E-state index in [1.165, 1.54) is 16.2 Å². The molecule has 0 radical (unpaired) electrons. The van der Waals surface area contributed by atoms with Crippen LogP contribution in [0.5, 0.6) is 0 Å². The van der Waals surface area contributed by atoms with Crippen molar-refractivity contribution in [2.45, 2.75) is 13.0 Å². The predicted octanol–water partition coefficient (Wildman–Crippen LogP) is 0.681. The van der Waals surface area contributed by atoms with Crippen LogP contribution in [-0.4, -0.2) is 35.0 Å². The van der Waals surface area contributed by atoms with Crippen molar-refractivity contribution in [3.63, 3.8) is 0 Å². The molecule has 1 atom stereocenters. The van der Waals surface area contributed by atoms with Gasteiger partial charge in [-0.15, -0.1) is 11.3 Å². The number of rotatable bonds is 5. The monoisotopic (exact) mass is 242 g/mol. The van der Waals surface area contributed by atoms with E-state index in [9.17, 15) is 9.59 Å². The number of nitrogens with two attached hydrogens (primary N) is 1. The molecule has 3 N–H and O–H groups in total. The fourth-order valence-electron chi connectivity index (χ4n) is 1.30. The van der Waals surface area contributed by atoms with Gasteiger partial charge in [0.15, 0.2) is 0 Å². The first-order valence-corrected chi connectivity index (χ1v) is 5.73. The molecule has 1 amide bonds. The molecular formula is C10H14N2O3S. The van der Waals surface area contributed by atoms with E-state index in [2.05, 4.69) is 0 Å². The van der Waals surface area contributed by atoms with Crippen molar-refractivity contribution in [1.29, 1.82) is 0 Å². The fourth-order valence-corrected chi connectivity index (χ4v) is 2.01. The molecule has 1 unspecified atom stereocenters. The third kappa shape index (κ3) is 3.04. The van der Waals surface area contributed by atoms with Crippen molar-refractivity contribution in [3.8, 4) is 0 Å². The Bertz CT molecular complexity index is 364. The molecule has 1 aromatic rings. The third-order valence-corrected chi connectivity index (χ3v) is 3.09. The summed E-state index contributed by atoms with van der Waals surface area (Å²) in [5.74, 6) is -1.39. The SMILES string of the molecule is CCN(CC(=O)O)C(=O)C(N)c1cccs1. The van der Waals surface area contributed by atoms with Crippen LogP contribution in [0.2, 0.25) is 0 Å².